The fraction of sp³-hybridized carbons (Fsp3) is 0.138. The summed E-state index contributed by atoms with van der Waals surface area (Å²) < 4.78 is 27.2. The van der Waals surface area contributed by atoms with Crippen molar-refractivity contribution in [3.63, 3.8) is 0 Å². The summed E-state index contributed by atoms with van der Waals surface area (Å²) in [6, 6.07) is 20.3. The number of nitrogen functional groups attached to an aromatic ring is 1. The van der Waals surface area contributed by atoms with Gasteiger partial charge in [-0.25, -0.2) is 9.07 Å². The highest BCUT2D eigenvalue weighted by molar-refractivity contribution is 6.13. The van der Waals surface area contributed by atoms with E-state index >= 15 is 4.39 Å². The number of nitrogens with zero attached hydrogens (tertiary/aromatic N) is 3. The highest BCUT2D eigenvalue weighted by Gasteiger charge is 2.22. The monoisotopic (exact) mass is 525 g/mol. The standard InChI is InChI=1S/C29H24FN5O4/c30-23-16-21(39-20-4-2-1-3-5-20)7-9-26(23)35-28(31)22(17-32-35)27(36)25-15-19-14-18(6-8-24(19)33-25)29(37)34-10-12-38-13-11-34/h1-9,14-17,33H,10-13,31H2. The van der Waals surface area contributed by atoms with Crippen LogP contribution in [0.3, 0.4) is 0 Å². The van der Waals surface area contributed by atoms with E-state index in [4.69, 9.17) is 15.2 Å². The Morgan fingerprint density at radius 2 is 1.77 bits per heavy atom. The van der Waals surface area contributed by atoms with Gasteiger partial charge in [-0.15, -0.1) is 0 Å². The maximum Gasteiger partial charge on any atom is 0.254 e. The number of hydrogen-bond acceptors (Lipinski definition) is 6. The van der Waals surface area contributed by atoms with Crippen LogP contribution in [0, 0.1) is 5.82 Å². The van der Waals surface area contributed by atoms with Gasteiger partial charge in [0.15, 0.2) is 5.82 Å². The molecule has 1 aliphatic rings. The highest BCUT2D eigenvalue weighted by Crippen LogP contribution is 2.28. The Balaban J connectivity index is 1.24. The van der Waals surface area contributed by atoms with E-state index in [0.717, 1.165) is 0 Å². The van der Waals surface area contributed by atoms with E-state index in [1.807, 2.05) is 18.2 Å². The van der Waals surface area contributed by atoms with Gasteiger partial charge in [0.2, 0.25) is 5.78 Å². The zero-order valence-electron chi connectivity index (χ0n) is 20.8. The van der Waals surface area contributed by atoms with Gasteiger partial charge >= 0.3 is 0 Å². The first-order valence-electron chi connectivity index (χ1n) is 12.4. The Bertz CT molecular complexity index is 1690. The van der Waals surface area contributed by atoms with Gasteiger partial charge in [-0.1, -0.05) is 18.2 Å². The van der Waals surface area contributed by atoms with Gasteiger partial charge in [0.05, 0.1) is 30.7 Å². The average molecular weight is 526 g/mol. The van der Waals surface area contributed by atoms with Crippen molar-refractivity contribution in [2.75, 3.05) is 32.0 Å². The SMILES string of the molecule is Nc1c(C(=O)c2cc3cc(C(=O)N4CCOCC4)ccc3[nH]2)cnn1-c1ccc(Oc2ccccc2)cc1F. The smallest absolute Gasteiger partial charge is 0.254 e. The normalized spacial score (nSPS) is 13.5. The number of ether oxygens (including phenoxy) is 2. The molecule has 0 atom stereocenters. The van der Waals surface area contributed by atoms with Crippen molar-refractivity contribution in [2.24, 2.45) is 0 Å². The number of benzene rings is 3. The van der Waals surface area contributed by atoms with Crippen LogP contribution in [-0.4, -0.2) is 57.7 Å². The van der Waals surface area contributed by atoms with E-state index in [2.05, 4.69) is 10.1 Å². The third-order valence-electron chi connectivity index (χ3n) is 6.59. The number of aromatic nitrogens is 3. The number of morpholine rings is 1. The summed E-state index contributed by atoms with van der Waals surface area (Å²) in [4.78, 5) is 31.0. The summed E-state index contributed by atoms with van der Waals surface area (Å²) >= 11 is 0. The molecule has 39 heavy (non-hydrogen) atoms. The van der Waals surface area contributed by atoms with Gasteiger partial charge in [-0.3, -0.25) is 9.59 Å². The molecule has 0 radical (unpaired) electrons. The molecule has 0 spiro atoms. The second-order valence-corrected chi connectivity index (χ2v) is 9.10. The summed E-state index contributed by atoms with van der Waals surface area (Å²) in [5.41, 5.74) is 7.96. The van der Waals surface area contributed by atoms with E-state index < -0.39 is 11.6 Å². The number of ketones is 1. The minimum atomic E-state index is -0.611. The zero-order chi connectivity index (χ0) is 26.9. The van der Waals surface area contributed by atoms with Crippen LogP contribution in [0.25, 0.3) is 16.6 Å². The number of carbonyl (C=O) groups excluding carboxylic acids is 2. The molecule has 3 heterocycles. The molecule has 0 bridgehead atoms. The average Bonchev–Trinajstić information content (AvgIpc) is 3.56. The second kappa shape index (κ2) is 10.1. The van der Waals surface area contributed by atoms with Gasteiger partial charge < -0.3 is 25.1 Å². The Hall–Kier alpha value is -4.96. The van der Waals surface area contributed by atoms with Crippen molar-refractivity contribution in [1.29, 1.82) is 0 Å². The summed E-state index contributed by atoms with van der Waals surface area (Å²) in [6.45, 7) is 2.11. The molecule has 3 aromatic carbocycles. The summed E-state index contributed by atoms with van der Waals surface area (Å²) in [7, 11) is 0. The molecule has 1 aliphatic heterocycles. The molecule has 10 heteroatoms. The minimum absolute atomic E-state index is 0.00234. The Morgan fingerprint density at radius 3 is 2.54 bits per heavy atom. The maximum atomic E-state index is 15.0. The van der Waals surface area contributed by atoms with Crippen LogP contribution in [0.5, 0.6) is 11.5 Å². The molecular weight excluding hydrogens is 501 g/mol. The number of carbonyl (C=O) groups is 2. The fourth-order valence-corrected chi connectivity index (χ4v) is 4.55. The molecule has 5 aromatic rings. The van der Waals surface area contributed by atoms with Gasteiger partial charge in [0.1, 0.15) is 23.0 Å². The molecule has 0 unspecified atom stereocenters. The lowest BCUT2D eigenvalue weighted by Crippen LogP contribution is -2.40. The molecule has 0 saturated carbocycles. The third-order valence-corrected chi connectivity index (χ3v) is 6.59. The number of hydrogen-bond donors (Lipinski definition) is 2. The number of anilines is 1. The van der Waals surface area contributed by atoms with Crippen LogP contribution in [0.4, 0.5) is 10.2 Å². The van der Waals surface area contributed by atoms with Crippen molar-refractivity contribution in [2.45, 2.75) is 0 Å². The summed E-state index contributed by atoms with van der Waals surface area (Å²) in [5.74, 6) is -0.207. The molecule has 1 fully saturated rings. The summed E-state index contributed by atoms with van der Waals surface area (Å²) in [5, 5.41) is 4.88. The number of nitrogens with one attached hydrogen (secondary N) is 1. The first kappa shape index (κ1) is 24.4. The molecule has 9 nitrogen and oxygen atoms in total. The number of nitrogens with two attached hydrogens (primary N) is 1. The van der Waals surface area contributed by atoms with Crippen LogP contribution in [0.2, 0.25) is 0 Å². The molecular formula is C29H24FN5O4. The molecule has 196 valence electrons. The molecule has 6 rings (SSSR count). The molecule has 0 aliphatic carbocycles. The highest BCUT2D eigenvalue weighted by atomic mass is 19.1. The van der Waals surface area contributed by atoms with Crippen LogP contribution >= 0.6 is 0 Å². The number of fused-ring (bicyclic) bond motifs is 1. The van der Waals surface area contributed by atoms with Gasteiger partial charge in [0, 0.05) is 35.6 Å². The Kier molecular flexibility index (Phi) is 6.29. The molecule has 3 N–H and O–H groups in total. The predicted octanol–water partition coefficient (Wildman–Crippen LogP) is 4.57. The van der Waals surface area contributed by atoms with Crippen LogP contribution in [0.15, 0.2) is 79.0 Å². The Labute approximate surface area is 222 Å². The summed E-state index contributed by atoms with van der Waals surface area (Å²) in [6.07, 6.45) is 1.31. The van der Waals surface area contributed by atoms with E-state index in [1.165, 1.54) is 23.0 Å². The van der Waals surface area contributed by atoms with Crippen molar-refractivity contribution in [3.05, 3.63) is 102 Å². The van der Waals surface area contributed by atoms with E-state index in [-0.39, 0.29) is 28.7 Å². The lowest BCUT2D eigenvalue weighted by atomic mass is 10.1. The number of rotatable bonds is 6. The predicted molar refractivity (Wildman–Crippen MR) is 143 cm³/mol. The van der Waals surface area contributed by atoms with E-state index in [1.54, 1.807) is 47.4 Å². The zero-order valence-corrected chi connectivity index (χ0v) is 20.8. The maximum absolute atomic E-state index is 15.0. The van der Waals surface area contributed by atoms with Gasteiger partial charge in [0.25, 0.3) is 5.91 Å². The fourth-order valence-electron chi connectivity index (χ4n) is 4.55. The van der Waals surface area contributed by atoms with Gasteiger partial charge in [-0.2, -0.15) is 5.10 Å². The topological polar surface area (TPSA) is 115 Å². The largest absolute Gasteiger partial charge is 0.457 e. The number of para-hydroxylation sites is 1. The minimum Gasteiger partial charge on any atom is -0.457 e. The van der Waals surface area contributed by atoms with E-state index in [9.17, 15) is 9.59 Å². The van der Waals surface area contributed by atoms with Crippen molar-refractivity contribution in [1.82, 2.24) is 19.7 Å². The first-order chi connectivity index (χ1) is 19.0. The lowest BCUT2D eigenvalue weighted by molar-refractivity contribution is 0.0303. The van der Waals surface area contributed by atoms with Gasteiger partial charge in [-0.05, 0) is 48.5 Å². The van der Waals surface area contributed by atoms with E-state index in [0.29, 0.717) is 54.3 Å². The van der Waals surface area contributed by atoms with Crippen LogP contribution < -0.4 is 10.5 Å². The molecule has 1 saturated heterocycles. The van der Waals surface area contributed by atoms with Crippen LogP contribution in [0.1, 0.15) is 26.4 Å². The van der Waals surface area contributed by atoms with Crippen molar-refractivity contribution >= 4 is 28.4 Å². The number of H-pyrrole nitrogens is 1. The third kappa shape index (κ3) is 4.73. The number of amides is 1. The van der Waals surface area contributed by atoms with Crippen molar-refractivity contribution < 1.29 is 23.5 Å². The van der Waals surface area contributed by atoms with Crippen LogP contribution in [-0.2, 0) is 4.74 Å². The number of halogens is 1. The van der Waals surface area contributed by atoms with Crippen molar-refractivity contribution in [3.8, 4) is 17.2 Å². The number of aromatic amines is 1. The second-order valence-electron chi connectivity index (χ2n) is 9.10. The lowest BCUT2D eigenvalue weighted by Gasteiger charge is -2.26. The first-order valence-corrected chi connectivity index (χ1v) is 12.4. The molecule has 1 amide bonds. The molecule has 2 aromatic heterocycles. The quantitative estimate of drug-likeness (QED) is 0.314. The Morgan fingerprint density at radius 1 is 0.974 bits per heavy atom.